The fourth-order valence-corrected chi connectivity index (χ4v) is 19.3. The average molecular weight is 969 g/mol. The molecule has 2 heterocycles. The molecule has 0 N–H and O–H groups in total. The quantitative estimate of drug-likeness (QED) is 0.125. The van der Waals surface area contributed by atoms with E-state index in [1.165, 1.54) is 132 Å². The molecule has 2 nitrogen and oxygen atoms in total. The van der Waals surface area contributed by atoms with Crippen LogP contribution in [0, 0.1) is 0 Å². The highest BCUT2D eigenvalue weighted by atomic mass is 28.3. The van der Waals surface area contributed by atoms with Crippen molar-refractivity contribution in [2.24, 2.45) is 0 Å². The molecule has 0 atom stereocenters. The van der Waals surface area contributed by atoms with Gasteiger partial charge in [-0.2, -0.15) is 0 Å². The third-order valence-corrected chi connectivity index (χ3v) is 24.1. The van der Waals surface area contributed by atoms with Crippen molar-refractivity contribution in [3.05, 3.63) is 242 Å². The van der Waals surface area contributed by atoms with E-state index in [-0.39, 0.29) is 5.41 Å². The van der Waals surface area contributed by atoms with Crippen molar-refractivity contribution < 1.29 is 0 Å². The summed E-state index contributed by atoms with van der Waals surface area (Å²) >= 11 is 0. The van der Waals surface area contributed by atoms with Crippen molar-refractivity contribution in [1.82, 2.24) is 0 Å². The van der Waals surface area contributed by atoms with E-state index in [1.54, 1.807) is 0 Å². The number of anilines is 6. The molecule has 4 heteroatoms. The fourth-order valence-electron chi connectivity index (χ4n) is 13.3. The number of rotatable bonds is 5. The highest BCUT2D eigenvalue weighted by molar-refractivity contribution is 7.03. The molecule has 350 valence electrons. The zero-order valence-electron chi connectivity index (χ0n) is 42.3. The third-order valence-electron chi connectivity index (χ3n) is 17.0. The lowest BCUT2D eigenvalue weighted by Gasteiger charge is -2.41. The molecule has 11 aromatic rings. The summed E-state index contributed by atoms with van der Waals surface area (Å²) in [5.74, 6) is 0. The second kappa shape index (κ2) is 16.0. The Morgan fingerprint density at radius 1 is 0.301 bits per heavy atom. The van der Waals surface area contributed by atoms with Gasteiger partial charge < -0.3 is 9.80 Å². The smallest absolute Gasteiger partial charge is 0.117 e. The van der Waals surface area contributed by atoms with Gasteiger partial charge in [0.1, 0.15) is 16.1 Å². The summed E-state index contributed by atoms with van der Waals surface area (Å²) in [4.78, 5) is 5.09. The van der Waals surface area contributed by atoms with Gasteiger partial charge in [0.2, 0.25) is 0 Å². The Bertz CT molecular complexity index is 3970. The van der Waals surface area contributed by atoms with Crippen LogP contribution in [0.4, 0.5) is 34.1 Å². The molecule has 0 unspecified atom stereocenters. The van der Waals surface area contributed by atoms with Crippen LogP contribution in [0.3, 0.4) is 0 Å². The van der Waals surface area contributed by atoms with Crippen LogP contribution in [0.2, 0.25) is 26.2 Å². The van der Waals surface area contributed by atoms with Gasteiger partial charge in [-0.05, 0) is 153 Å². The summed E-state index contributed by atoms with van der Waals surface area (Å²) in [5.41, 5.74) is 20.1. The monoisotopic (exact) mass is 968 g/mol. The Hall–Kier alpha value is -8.03. The minimum Gasteiger partial charge on any atom is -0.311 e. The Morgan fingerprint density at radius 3 is 1.19 bits per heavy atom. The standard InChI is InChI=1S/C69H56N2Si2/c1-69(2)57-23-11-10-22-51(57)52-39-36-48(42-58(52)69)68-54-41-38-49(70-59-24-12-16-28-63(59)72(3,4)64-29-17-13-25-60(64)70)43-55(54)67(47-34-32-46(33-35-47)45-20-8-7-9-21-45)53-40-37-50(44-56(53)68)71-61-26-14-18-30-65(61)73(5,6)66-31-19-15-27-62(66)71/h7-44H,1-6H3. The summed E-state index contributed by atoms with van der Waals surface area (Å²) in [6, 6.07) is 87.8. The van der Waals surface area contributed by atoms with E-state index in [0.717, 1.165) is 0 Å². The maximum absolute atomic E-state index is 2.55. The molecule has 0 saturated heterocycles. The number of para-hydroxylation sites is 4. The van der Waals surface area contributed by atoms with Crippen LogP contribution in [0.5, 0.6) is 0 Å². The lowest BCUT2D eigenvalue weighted by Crippen LogP contribution is -2.58. The highest BCUT2D eigenvalue weighted by Gasteiger charge is 2.41. The van der Waals surface area contributed by atoms with Gasteiger partial charge in [-0.15, -0.1) is 0 Å². The third kappa shape index (κ3) is 6.40. The van der Waals surface area contributed by atoms with Gasteiger partial charge in [0.25, 0.3) is 0 Å². The zero-order chi connectivity index (χ0) is 49.4. The Kier molecular flexibility index (Phi) is 9.58. The molecule has 3 aliphatic rings. The van der Waals surface area contributed by atoms with E-state index in [0.29, 0.717) is 0 Å². The van der Waals surface area contributed by atoms with Gasteiger partial charge >= 0.3 is 0 Å². The van der Waals surface area contributed by atoms with Crippen molar-refractivity contribution in [2.75, 3.05) is 9.80 Å². The number of hydrogen-bond acceptors (Lipinski definition) is 2. The molecular weight excluding hydrogens is 913 g/mol. The highest BCUT2D eigenvalue weighted by Crippen LogP contribution is 2.53. The lowest BCUT2D eigenvalue weighted by atomic mass is 9.80. The topological polar surface area (TPSA) is 6.48 Å². The Labute approximate surface area is 431 Å². The van der Waals surface area contributed by atoms with E-state index >= 15 is 0 Å². The molecular formula is C69H56N2Si2. The average Bonchev–Trinajstić information content (AvgIpc) is 3.65. The molecule has 0 fully saturated rings. The Morgan fingerprint density at radius 2 is 0.685 bits per heavy atom. The van der Waals surface area contributed by atoms with Crippen molar-refractivity contribution in [3.63, 3.8) is 0 Å². The number of hydrogen-bond donors (Lipinski definition) is 0. The van der Waals surface area contributed by atoms with Crippen LogP contribution >= 0.6 is 0 Å². The molecule has 0 spiro atoms. The van der Waals surface area contributed by atoms with Crippen LogP contribution in [0.15, 0.2) is 231 Å². The molecule has 0 saturated carbocycles. The molecule has 1 aliphatic carbocycles. The van der Waals surface area contributed by atoms with Crippen LogP contribution < -0.4 is 30.5 Å². The molecule has 0 bridgehead atoms. The van der Waals surface area contributed by atoms with Gasteiger partial charge in [0, 0.05) is 39.5 Å². The molecule has 14 rings (SSSR count). The van der Waals surface area contributed by atoms with Crippen molar-refractivity contribution in [3.8, 4) is 44.5 Å². The molecule has 11 aromatic carbocycles. The van der Waals surface area contributed by atoms with E-state index in [1.807, 2.05) is 0 Å². The minimum atomic E-state index is -2.01. The van der Waals surface area contributed by atoms with Crippen LogP contribution in [0.1, 0.15) is 25.0 Å². The largest absolute Gasteiger partial charge is 0.311 e. The molecule has 0 aromatic heterocycles. The first-order valence-electron chi connectivity index (χ1n) is 25.9. The van der Waals surface area contributed by atoms with Crippen molar-refractivity contribution >= 4 is 92.6 Å². The van der Waals surface area contributed by atoms with Crippen LogP contribution in [-0.2, 0) is 5.41 Å². The Balaban J connectivity index is 1.09. The first-order chi connectivity index (χ1) is 35.5. The summed E-state index contributed by atoms with van der Waals surface area (Å²) in [5, 5.41) is 10.8. The van der Waals surface area contributed by atoms with Gasteiger partial charge in [0.05, 0.1) is 0 Å². The van der Waals surface area contributed by atoms with E-state index in [9.17, 15) is 0 Å². The van der Waals surface area contributed by atoms with Gasteiger partial charge in [-0.3, -0.25) is 0 Å². The van der Waals surface area contributed by atoms with Gasteiger partial charge in [-0.25, -0.2) is 0 Å². The normalized spacial score (nSPS) is 15.3. The zero-order valence-corrected chi connectivity index (χ0v) is 44.3. The number of nitrogens with zero attached hydrogens (tertiary/aromatic N) is 2. The molecule has 0 radical (unpaired) electrons. The molecule has 0 amide bonds. The minimum absolute atomic E-state index is 0.156. The maximum atomic E-state index is 2.55. The summed E-state index contributed by atoms with van der Waals surface area (Å²) in [6.45, 7) is 14.8. The number of benzene rings is 11. The van der Waals surface area contributed by atoms with E-state index in [4.69, 9.17) is 0 Å². The van der Waals surface area contributed by atoms with Crippen molar-refractivity contribution in [1.29, 1.82) is 0 Å². The number of fused-ring (bicyclic) bond motifs is 9. The molecule has 73 heavy (non-hydrogen) atoms. The molecule has 2 aliphatic heterocycles. The summed E-state index contributed by atoms with van der Waals surface area (Å²) < 4.78 is 0. The lowest BCUT2D eigenvalue weighted by molar-refractivity contribution is 0.660. The first kappa shape index (κ1) is 43.7. The maximum Gasteiger partial charge on any atom is 0.117 e. The second-order valence-electron chi connectivity index (χ2n) is 22.1. The predicted molar refractivity (Wildman–Crippen MR) is 318 cm³/mol. The van der Waals surface area contributed by atoms with Crippen LogP contribution in [-0.4, -0.2) is 16.1 Å². The fraction of sp³-hybridized carbons (Fsp3) is 0.101. The summed E-state index contributed by atoms with van der Waals surface area (Å²) in [6.07, 6.45) is 0. The SMILES string of the molecule is CC1(C)c2ccccc2-c2ccc(-c3c4ccc(N5c6ccccc6[Si](C)(C)c6ccccc65)cc4c(-c4ccc(-c5ccccc5)cc4)c4ccc(N5c6ccccc6[Si](C)(C)c6ccccc65)cc34)cc21. The summed E-state index contributed by atoms with van der Waals surface area (Å²) in [7, 11) is -4.01. The second-order valence-corrected chi connectivity index (χ2v) is 30.7. The van der Waals surface area contributed by atoms with Crippen molar-refractivity contribution in [2.45, 2.75) is 45.5 Å². The van der Waals surface area contributed by atoms with Crippen LogP contribution in [0.25, 0.3) is 66.1 Å². The van der Waals surface area contributed by atoms with Gasteiger partial charge in [0.15, 0.2) is 0 Å². The van der Waals surface area contributed by atoms with E-state index < -0.39 is 16.1 Å². The van der Waals surface area contributed by atoms with Gasteiger partial charge in [-0.1, -0.05) is 216 Å². The first-order valence-corrected chi connectivity index (χ1v) is 31.9. The van der Waals surface area contributed by atoms with E-state index in [2.05, 4.69) is 280 Å². The predicted octanol–water partition coefficient (Wildman–Crippen LogP) is 16.5.